The van der Waals surface area contributed by atoms with Gasteiger partial charge >= 0.3 is 6.18 Å². The average Bonchev–Trinajstić information content (AvgIpc) is 2.76. The fraction of sp³-hybridized carbons (Fsp3) is 0.533. The van der Waals surface area contributed by atoms with E-state index < -0.39 is 24.2 Å². The Balaban J connectivity index is 2.20. The Kier molecular flexibility index (Phi) is 5.82. The zero-order chi connectivity index (χ0) is 17.9. The van der Waals surface area contributed by atoms with Crippen molar-refractivity contribution in [2.75, 3.05) is 13.2 Å². The second-order valence-electron chi connectivity index (χ2n) is 5.31. The Hall–Kier alpha value is -1.67. The molecule has 0 radical (unpaired) electrons. The largest absolute Gasteiger partial charge is 0.489 e. The van der Waals surface area contributed by atoms with Crippen molar-refractivity contribution in [3.63, 3.8) is 0 Å². The van der Waals surface area contributed by atoms with Gasteiger partial charge in [-0.15, -0.1) is 0 Å². The molecule has 1 amide bonds. The minimum atomic E-state index is -4.82. The molecule has 2 N–H and O–H groups in total. The number of aliphatic hydroxyl groups is 1. The van der Waals surface area contributed by atoms with Gasteiger partial charge in [0.25, 0.3) is 5.91 Å². The second-order valence-corrected chi connectivity index (χ2v) is 5.72. The van der Waals surface area contributed by atoms with Gasteiger partial charge in [0, 0.05) is 12.0 Å². The third-order valence-electron chi connectivity index (χ3n) is 3.54. The number of nitrogens with one attached hydrogen (secondary N) is 1. The molecular weight excluding hydrogens is 351 g/mol. The first-order valence-electron chi connectivity index (χ1n) is 7.38. The summed E-state index contributed by atoms with van der Waals surface area (Å²) >= 11 is 6.06. The van der Waals surface area contributed by atoms with Gasteiger partial charge < -0.3 is 19.9 Å². The van der Waals surface area contributed by atoms with E-state index in [0.29, 0.717) is 25.4 Å². The van der Waals surface area contributed by atoms with Gasteiger partial charge in [-0.25, -0.2) is 0 Å². The molecule has 0 saturated heterocycles. The van der Waals surface area contributed by atoms with Crippen molar-refractivity contribution in [1.82, 2.24) is 5.32 Å². The number of rotatable bonds is 4. The van der Waals surface area contributed by atoms with Crippen LogP contribution in [0.15, 0.2) is 12.1 Å². The standard InChI is InChI=1S/C15H17ClF3NO4/c1-2-10(13(21)15(17,18)19)20-14(22)8-6-9(16)12-11(7-8)23-4-3-5-24-12/h6-7,10,13,21H,2-5H2,1H3,(H,20,22)/t10-,13+/m0/s1. The summed E-state index contributed by atoms with van der Waals surface area (Å²) in [7, 11) is 0. The van der Waals surface area contributed by atoms with Crippen molar-refractivity contribution < 1.29 is 32.5 Å². The number of hydrogen-bond donors (Lipinski definition) is 2. The predicted octanol–water partition coefficient (Wildman–Crippen LogP) is 2.93. The summed E-state index contributed by atoms with van der Waals surface area (Å²) in [5.41, 5.74) is 0.0251. The lowest BCUT2D eigenvalue weighted by Crippen LogP contribution is -2.49. The second kappa shape index (κ2) is 7.48. The smallest absolute Gasteiger partial charge is 0.416 e. The number of halogens is 4. The molecule has 0 spiro atoms. The SMILES string of the molecule is CC[C@H](NC(=O)c1cc(Cl)c2c(c1)OCCCO2)[C@@H](O)C(F)(F)F. The first kappa shape index (κ1) is 18.7. The molecule has 2 rings (SSSR count). The maximum atomic E-state index is 12.6. The van der Waals surface area contributed by atoms with Crippen LogP contribution in [0.3, 0.4) is 0 Å². The number of amides is 1. The molecule has 5 nitrogen and oxygen atoms in total. The molecule has 0 fully saturated rings. The van der Waals surface area contributed by atoms with Crippen molar-refractivity contribution in [1.29, 1.82) is 0 Å². The number of carbonyl (C=O) groups excluding carboxylic acids is 1. The maximum Gasteiger partial charge on any atom is 0.416 e. The summed E-state index contributed by atoms with van der Waals surface area (Å²) in [4.78, 5) is 12.2. The average molecular weight is 368 g/mol. The Labute approximate surface area is 141 Å². The van der Waals surface area contributed by atoms with Crippen molar-refractivity contribution in [2.45, 2.75) is 38.1 Å². The molecule has 2 atom stereocenters. The minimum Gasteiger partial charge on any atom is -0.489 e. The van der Waals surface area contributed by atoms with Gasteiger partial charge in [0.15, 0.2) is 17.6 Å². The van der Waals surface area contributed by atoms with Crippen LogP contribution in [0.4, 0.5) is 13.2 Å². The molecule has 0 aliphatic carbocycles. The van der Waals surface area contributed by atoms with Gasteiger partial charge in [-0.3, -0.25) is 4.79 Å². The van der Waals surface area contributed by atoms with Crippen LogP contribution in [0.1, 0.15) is 30.1 Å². The summed E-state index contributed by atoms with van der Waals surface area (Å²) in [6, 6.07) is 1.18. The van der Waals surface area contributed by atoms with Crippen molar-refractivity contribution in [2.24, 2.45) is 0 Å². The van der Waals surface area contributed by atoms with Crippen LogP contribution in [0, 0.1) is 0 Å². The number of carbonyl (C=O) groups is 1. The van der Waals surface area contributed by atoms with Gasteiger partial charge in [-0.05, 0) is 18.6 Å². The van der Waals surface area contributed by atoms with Crippen molar-refractivity contribution in [3.8, 4) is 11.5 Å². The van der Waals surface area contributed by atoms with Crippen LogP contribution >= 0.6 is 11.6 Å². The molecule has 9 heteroatoms. The molecule has 1 aromatic carbocycles. The lowest BCUT2D eigenvalue weighted by Gasteiger charge is -2.25. The zero-order valence-corrected chi connectivity index (χ0v) is 13.6. The highest BCUT2D eigenvalue weighted by molar-refractivity contribution is 6.32. The first-order valence-corrected chi connectivity index (χ1v) is 7.76. The van der Waals surface area contributed by atoms with E-state index in [1.54, 1.807) is 0 Å². The molecule has 1 aliphatic rings. The molecule has 1 aliphatic heterocycles. The number of alkyl halides is 3. The molecule has 0 saturated carbocycles. The quantitative estimate of drug-likeness (QED) is 0.858. The lowest BCUT2D eigenvalue weighted by molar-refractivity contribution is -0.211. The molecule has 0 aromatic heterocycles. The number of ether oxygens (including phenoxy) is 2. The van der Waals surface area contributed by atoms with E-state index >= 15 is 0 Å². The molecule has 24 heavy (non-hydrogen) atoms. The maximum absolute atomic E-state index is 12.6. The van der Waals surface area contributed by atoms with Crippen LogP contribution in [0.5, 0.6) is 11.5 Å². The van der Waals surface area contributed by atoms with Crippen LogP contribution in [-0.4, -0.2) is 42.5 Å². The van der Waals surface area contributed by atoms with Gasteiger partial charge in [-0.2, -0.15) is 13.2 Å². The summed E-state index contributed by atoms with van der Waals surface area (Å²) in [6.45, 7) is 2.22. The number of benzene rings is 1. The Morgan fingerprint density at radius 1 is 1.38 bits per heavy atom. The van der Waals surface area contributed by atoms with Gasteiger partial charge in [-0.1, -0.05) is 18.5 Å². The van der Waals surface area contributed by atoms with Crippen LogP contribution in [0.2, 0.25) is 5.02 Å². The molecule has 0 bridgehead atoms. The molecule has 1 heterocycles. The fourth-order valence-corrected chi connectivity index (χ4v) is 2.51. The lowest BCUT2D eigenvalue weighted by atomic mass is 10.1. The van der Waals surface area contributed by atoms with Crippen LogP contribution in [0.25, 0.3) is 0 Å². The first-order chi connectivity index (χ1) is 11.2. The Morgan fingerprint density at radius 3 is 2.67 bits per heavy atom. The predicted molar refractivity (Wildman–Crippen MR) is 80.7 cm³/mol. The monoisotopic (exact) mass is 367 g/mol. The third kappa shape index (κ3) is 4.24. The van der Waals surface area contributed by atoms with E-state index in [4.69, 9.17) is 21.1 Å². The van der Waals surface area contributed by atoms with E-state index in [0.717, 1.165) is 0 Å². The fourth-order valence-electron chi connectivity index (χ4n) is 2.25. The number of fused-ring (bicyclic) bond motifs is 1. The van der Waals surface area contributed by atoms with E-state index in [1.165, 1.54) is 19.1 Å². The molecular formula is C15H17ClF3NO4. The van der Waals surface area contributed by atoms with Crippen LogP contribution < -0.4 is 14.8 Å². The Bertz CT molecular complexity index is 609. The topological polar surface area (TPSA) is 67.8 Å². The summed E-state index contributed by atoms with van der Waals surface area (Å²) in [5, 5.41) is 11.6. The normalized spacial score (nSPS) is 16.9. The van der Waals surface area contributed by atoms with Gasteiger partial charge in [0.05, 0.1) is 24.3 Å². The van der Waals surface area contributed by atoms with E-state index in [-0.39, 0.29) is 22.8 Å². The van der Waals surface area contributed by atoms with E-state index in [9.17, 15) is 23.1 Å². The molecule has 1 aromatic rings. The number of aliphatic hydroxyl groups excluding tert-OH is 1. The highest BCUT2D eigenvalue weighted by Crippen LogP contribution is 2.38. The highest BCUT2D eigenvalue weighted by atomic mass is 35.5. The van der Waals surface area contributed by atoms with E-state index in [2.05, 4.69) is 5.32 Å². The molecule has 0 unspecified atom stereocenters. The molecule has 134 valence electrons. The zero-order valence-electron chi connectivity index (χ0n) is 12.8. The highest BCUT2D eigenvalue weighted by Gasteiger charge is 2.43. The van der Waals surface area contributed by atoms with E-state index in [1.807, 2.05) is 0 Å². The summed E-state index contributed by atoms with van der Waals surface area (Å²) in [6.07, 6.45) is -6.93. The number of hydrogen-bond acceptors (Lipinski definition) is 4. The third-order valence-corrected chi connectivity index (χ3v) is 3.82. The van der Waals surface area contributed by atoms with Crippen molar-refractivity contribution in [3.05, 3.63) is 22.7 Å². The van der Waals surface area contributed by atoms with Crippen molar-refractivity contribution >= 4 is 17.5 Å². The van der Waals surface area contributed by atoms with Gasteiger partial charge in [0.2, 0.25) is 0 Å². The summed E-state index contributed by atoms with van der Waals surface area (Å²) < 4.78 is 48.7. The Morgan fingerprint density at radius 2 is 2.04 bits per heavy atom. The summed E-state index contributed by atoms with van der Waals surface area (Å²) in [5.74, 6) is -0.231. The van der Waals surface area contributed by atoms with Gasteiger partial charge in [0.1, 0.15) is 0 Å². The van der Waals surface area contributed by atoms with Crippen LogP contribution in [-0.2, 0) is 0 Å². The minimum absolute atomic E-state index is 0.0251.